The van der Waals surface area contributed by atoms with E-state index in [1.54, 1.807) is 0 Å². The molecule has 0 saturated heterocycles. The Hall–Kier alpha value is -0.960. The van der Waals surface area contributed by atoms with Crippen LogP contribution in [0.5, 0.6) is 0 Å². The maximum absolute atomic E-state index is 13.4. The lowest BCUT2D eigenvalue weighted by Crippen LogP contribution is -2.30. The number of benzene rings is 1. The predicted octanol–water partition coefficient (Wildman–Crippen LogP) is 3.68. The highest BCUT2D eigenvalue weighted by atomic mass is 19.1. The molecule has 0 aliphatic heterocycles. The predicted molar refractivity (Wildman–Crippen MR) is 69.5 cm³/mol. The van der Waals surface area contributed by atoms with Crippen LogP contribution in [0.15, 0.2) is 18.2 Å². The standard InChI is InChI=1S/C15H21F2N/c1-2-18-15(11-9-10-11)8-3-5-12-13(16)6-4-7-14(12)17/h4,6-7,11,15,18H,2-3,5,8-10H2,1H3. The lowest BCUT2D eigenvalue weighted by molar-refractivity contribution is 0.430. The number of halogens is 2. The van der Waals surface area contributed by atoms with Crippen LogP contribution in [-0.4, -0.2) is 12.6 Å². The molecule has 3 heteroatoms. The Bertz CT molecular complexity index is 368. The minimum Gasteiger partial charge on any atom is -0.314 e. The van der Waals surface area contributed by atoms with Crippen molar-refractivity contribution in [3.63, 3.8) is 0 Å². The van der Waals surface area contributed by atoms with Gasteiger partial charge in [0, 0.05) is 11.6 Å². The van der Waals surface area contributed by atoms with Gasteiger partial charge in [0.2, 0.25) is 0 Å². The van der Waals surface area contributed by atoms with E-state index in [1.807, 2.05) is 0 Å². The van der Waals surface area contributed by atoms with Crippen molar-refractivity contribution in [3.05, 3.63) is 35.4 Å². The minimum absolute atomic E-state index is 0.239. The normalized spacial score (nSPS) is 16.8. The van der Waals surface area contributed by atoms with Crippen molar-refractivity contribution >= 4 is 0 Å². The fraction of sp³-hybridized carbons (Fsp3) is 0.600. The highest BCUT2D eigenvalue weighted by Gasteiger charge is 2.29. The van der Waals surface area contributed by atoms with Gasteiger partial charge in [-0.1, -0.05) is 13.0 Å². The zero-order chi connectivity index (χ0) is 13.0. The molecule has 100 valence electrons. The maximum atomic E-state index is 13.4. The van der Waals surface area contributed by atoms with Crippen molar-refractivity contribution in [2.45, 2.75) is 45.1 Å². The van der Waals surface area contributed by atoms with Crippen LogP contribution >= 0.6 is 0 Å². The van der Waals surface area contributed by atoms with Crippen molar-refractivity contribution in [3.8, 4) is 0 Å². The Labute approximate surface area is 108 Å². The van der Waals surface area contributed by atoms with Crippen LogP contribution in [0.1, 0.15) is 38.2 Å². The number of rotatable bonds is 7. The van der Waals surface area contributed by atoms with E-state index in [9.17, 15) is 8.78 Å². The molecule has 1 saturated carbocycles. The van der Waals surface area contributed by atoms with Gasteiger partial charge in [-0.25, -0.2) is 8.78 Å². The van der Waals surface area contributed by atoms with Gasteiger partial charge >= 0.3 is 0 Å². The Kier molecular flexibility index (Phi) is 4.70. The molecule has 1 aromatic carbocycles. The third-order valence-electron chi connectivity index (χ3n) is 3.66. The summed E-state index contributed by atoms with van der Waals surface area (Å²) in [5.41, 5.74) is 0.239. The number of hydrogen-bond acceptors (Lipinski definition) is 1. The van der Waals surface area contributed by atoms with E-state index in [0.29, 0.717) is 12.5 Å². The number of hydrogen-bond donors (Lipinski definition) is 1. The monoisotopic (exact) mass is 253 g/mol. The van der Waals surface area contributed by atoms with E-state index < -0.39 is 11.6 Å². The molecule has 1 atom stereocenters. The Morgan fingerprint density at radius 1 is 1.28 bits per heavy atom. The summed E-state index contributed by atoms with van der Waals surface area (Å²) in [5.74, 6) is -0.0433. The molecule has 1 fully saturated rings. The van der Waals surface area contributed by atoms with Gasteiger partial charge in [0.05, 0.1) is 0 Å². The van der Waals surface area contributed by atoms with E-state index >= 15 is 0 Å². The maximum Gasteiger partial charge on any atom is 0.129 e. The second kappa shape index (κ2) is 6.28. The molecule has 0 aromatic heterocycles. The molecule has 1 aliphatic carbocycles. The van der Waals surface area contributed by atoms with Crippen LogP contribution in [0.25, 0.3) is 0 Å². The van der Waals surface area contributed by atoms with Crippen LogP contribution in [0.3, 0.4) is 0 Å². The summed E-state index contributed by atoms with van der Waals surface area (Å²) in [5, 5.41) is 3.47. The first-order valence-corrected chi connectivity index (χ1v) is 6.88. The van der Waals surface area contributed by atoms with E-state index in [2.05, 4.69) is 12.2 Å². The van der Waals surface area contributed by atoms with Gasteiger partial charge in [0.15, 0.2) is 0 Å². The van der Waals surface area contributed by atoms with E-state index in [0.717, 1.165) is 25.3 Å². The van der Waals surface area contributed by atoms with Gasteiger partial charge in [-0.3, -0.25) is 0 Å². The average Bonchev–Trinajstić information content (AvgIpc) is 3.15. The first-order chi connectivity index (χ1) is 8.72. The van der Waals surface area contributed by atoms with Crippen molar-refractivity contribution in [2.24, 2.45) is 5.92 Å². The SMILES string of the molecule is CCNC(CCCc1c(F)cccc1F)C1CC1. The first-order valence-electron chi connectivity index (χ1n) is 6.88. The van der Waals surface area contributed by atoms with Crippen molar-refractivity contribution < 1.29 is 8.78 Å². The summed E-state index contributed by atoms with van der Waals surface area (Å²) in [4.78, 5) is 0. The third kappa shape index (κ3) is 3.52. The molecule has 0 bridgehead atoms. The van der Waals surface area contributed by atoms with Gasteiger partial charge in [0.25, 0.3) is 0 Å². The fourth-order valence-electron chi connectivity index (χ4n) is 2.54. The molecule has 0 heterocycles. The molecule has 0 radical (unpaired) electrons. The van der Waals surface area contributed by atoms with Crippen LogP contribution in [-0.2, 0) is 6.42 Å². The summed E-state index contributed by atoms with van der Waals surface area (Å²) in [6, 6.07) is 4.62. The topological polar surface area (TPSA) is 12.0 Å². The van der Waals surface area contributed by atoms with Crippen LogP contribution in [0.2, 0.25) is 0 Å². The van der Waals surface area contributed by atoms with E-state index in [4.69, 9.17) is 0 Å². The lowest BCUT2D eigenvalue weighted by Gasteiger charge is -2.17. The van der Waals surface area contributed by atoms with Crippen molar-refractivity contribution in [1.82, 2.24) is 5.32 Å². The molecule has 18 heavy (non-hydrogen) atoms. The quantitative estimate of drug-likeness (QED) is 0.781. The Morgan fingerprint density at radius 2 is 1.94 bits per heavy atom. The molecular weight excluding hydrogens is 232 g/mol. The second-order valence-corrected chi connectivity index (χ2v) is 5.09. The minimum atomic E-state index is -0.415. The highest BCUT2D eigenvalue weighted by Crippen LogP contribution is 2.34. The molecule has 1 aliphatic rings. The van der Waals surface area contributed by atoms with Gasteiger partial charge in [-0.15, -0.1) is 0 Å². The van der Waals surface area contributed by atoms with E-state index in [-0.39, 0.29) is 5.56 Å². The first kappa shape index (κ1) is 13.5. The zero-order valence-electron chi connectivity index (χ0n) is 10.9. The number of nitrogens with one attached hydrogen (secondary N) is 1. The summed E-state index contributed by atoms with van der Waals surface area (Å²) < 4.78 is 26.9. The lowest BCUT2D eigenvalue weighted by atomic mass is 10.0. The molecule has 1 nitrogen and oxygen atoms in total. The molecule has 1 unspecified atom stereocenters. The molecule has 0 amide bonds. The van der Waals surface area contributed by atoms with Crippen LogP contribution in [0, 0.1) is 17.6 Å². The molecular formula is C15H21F2N. The molecule has 1 aromatic rings. The van der Waals surface area contributed by atoms with Gasteiger partial charge in [0.1, 0.15) is 11.6 Å². The molecule has 2 rings (SSSR count). The highest BCUT2D eigenvalue weighted by molar-refractivity contribution is 5.19. The third-order valence-corrected chi connectivity index (χ3v) is 3.66. The van der Waals surface area contributed by atoms with Crippen LogP contribution in [0.4, 0.5) is 8.78 Å². The van der Waals surface area contributed by atoms with Gasteiger partial charge in [-0.2, -0.15) is 0 Å². The molecule has 0 spiro atoms. The zero-order valence-corrected chi connectivity index (χ0v) is 10.9. The fourth-order valence-corrected chi connectivity index (χ4v) is 2.54. The Balaban J connectivity index is 1.83. The van der Waals surface area contributed by atoms with Crippen molar-refractivity contribution in [1.29, 1.82) is 0 Å². The molecule has 1 N–H and O–H groups in total. The summed E-state index contributed by atoms with van der Waals surface area (Å²) in [6.07, 6.45) is 4.93. The van der Waals surface area contributed by atoms with Crippen LogP contribution < -0.4 is 5.32 Å². The smallest absolute Gasteiger partial charge is 0.129 e. The summed E-state index contributed by atoms with van der Waals surface area (Å²) in [7, 11) is 0. The van der Waals surface area contributed by atoms with Gasteiger partial charge < -0.3 is 5.32 Å². The summed E-state index contributed by atoms with van der Waals surface area (Å²) >= 11 is 0. The van der Waals surface area contributed by atoms with E-state index in [1.165, 1.54) is 31.0 Å². The van der Waals surface area contributed by atoms with Gasteiger partial charge in [-0.05, 0) is 56.7 Å². The second-order valence-electron chi connectivity index (χ2n) is 5.09. The Morgan fingerprint density at radius 3 is 2.50 bits per heavy atom. The summed E-state index contributed by atoms with van der Waals surface area (Å²) in [6.45, 7) is 3.07. The van der Waals surface area contributed by atoms with Crippen molar-refractivity contribution in [2.75, 3.05) is 6.54 Å². The average molecular weight is 253 g/mol. The largest absolute Gasteiger partial charge is 0.314 e.